The van der Waals surface area contributed by atoms with E-state index in [1.807, 2.05) is 66.4 Å². The number of rotatable bonds is 6. The van der Waals surface area contributed by atoms with E-state index < -0.39 is 0 Å². The lowest BCUT2D eigenvalue weighted by Crippen LogP contribution is -2.32. The third-order valence-corrected chi connectivity index (χ3v) is 3.27. The summed E-state index contributed by atoms with van der Waals surface area (Å²) in [6, 6.07) is 13.9. The lowest BCUT2D eigenvalue weighted by atomic mass is 10.2. The van der Waals surface area contributed by atoms with Crippen LogP contribution in [0.15, 0.2) is 60.9 Å². The van der Waals surface area contributed by atoms with Crippen molar-refractivity contribution < 1.29 is 4.79 Å². The van der Waals surface area contributed by atoms with Gasteiger partial charge in [-0.25, -0.2) is 0 Å². The summed E-state index contributed by atoms with van der Waals surface area (Å²) in [4.78, 5) is 18.1. The normalized spacial score (nSPS) is 10.7. The molecule has 0 aliphatic heterocycles. The smallest absolute Gasteiger partial charge is 0.227 e. The topological polar surface area (TPSA) is 33.2 Å². The van der Waals surface area contributed by atoms with Crippen molar-refractivity contribution in [3.8, 4) is 0 Å². The molecule has 1 aromatic heterocycles. The van der Waals surface area contributed by atoms with Crippen LogP contribution in [-0.4, -0.2) is 28.9 Å². The molecular weight excluding hydrogens is 260 g/mol. The van der Waals surface area contributed by atoms with Crippen molar-refractivity contribution in [1.29, 1.82) is 0 Å². The minimum absolute atomic E-state index is 0.140. The number of carbonyl (C=O) groups is 1. The van der Waals surface area contributed by atoms with Crippen LogP contribution >= 0.6 is 0 Å². The number of likely N-dealkylation sites (N-methyl/N-ethyl adjacent to an activating group) is 1. The monoisotopic (exact) mass is 280 g/mol. The first-order valence-electron chi connectivity index (χ1n) is 7.18. The highest BCUT2D eigenvalue weighted by Crippen LogP contribution is 2.04. The Morgan fingerprint density at radius 3 is 2.52 bits per heavy atom. The number of benzene rings is 1. The second kappa shape index (κ2) is 8.00. The van der Waals surface area contributed by atoms with Gasteiger partial charge in [-0.2, -0.15) is 0 Å². The van der Waals surface area contributed by atoms with Crippen LogP contribution < -0.4 is 0 Å². The van der Waals surface area contributed by atoms with E-state index >= 15 is 0 Å². The average Bonchev–Trinajstić information content (AvgIpc) is 2.53. The fourth-order valence-corrected chi connectivity index (χ4v) is 2.07. The van der Waals surface area contributed by atoms with E-state index in [2.05, 4.69) is 4.98 Å². The van der Waals surface area contributed by atoms with Gasteiger partial charge in [-0.3, -0.25) is 9.78 Å². The van der Waals surface area contributed by atoms with E-state index in [1.165, 1.54) is 0 Å². The van der Waals surface area contributed by atoms with Crippen molar-refractivity contribution in [1.82, 2.24) is 9.88 Å². The number of hydrogen-bond donors (Lipinski definition) is 0. The third kappa shape index (κ3) is 4.88. The molecule has 1 heterocycles. The van der Waals surface area contributed by atoms with Crippen LogP contribution in [0.4, 0.5) is 0 Å². The van der Waals surface area contributed by atoms with Crippen LogP contribution in [0.3, 0.4) is 0 Å². The van der Waals surface area contributed by atoms with Crippen LogP contribution in [0.1, 0.15) is 18.1 Å². The summed E-state index contributed by atoms with van der Waals surface area (Å²) in [5.74, 6) is 0.140. The number of carbonyl (C=O) groups excluding carboxylic acids is 1. The summed E-state index contributed by atoms with van der Waals surface area (Å²) in [7, 11) is 0. The minimum atomic E-state index is 0.140. The van der Waals surface area contributed by atoms with Crippen LogP contribution in [0, 0.1) is 0 Å². The Morgan fingerprint density at radius 2 is 1.86 bits per heavy atom. The largest absolute Gasteiger partial charge is 0.339 e. The van der Waals surface area contributed by atoms with Gasteiger partial charge in [-0.1, -0.05) is 42.5 Å². The zero-order chi connectivity index (χ0) is 14.9. The van der Waals surface area contributed by atoms with Crippen molar-refractivity contribution in [3.63, 3.8) is 0 Å². The van der Waals surface area contributed by atoms with Crippen molar-refractivity contribution >= 4 is 12.0 Å². The zero-order valence-electron chi connectivity index (χ0n) is 12.3. The molecule has 0 atom stereocenters. The highest BCUT2D eigenvalue weighted by molar-refractivity contribution is 5.79. The predicted molar refractivity (Wildman–Crippen MR) is 85.7 cm³/mol. The van der Waals surface area contributed by atoms with Gasteiger partial charge in [0.1, 0.15) is 0 Å². The minimum Gasteiger partial charge on any atom is -0.339 e. The second-order valence-electron chi connectivity index (χ2n) is 4.78. The molecule has 1 aromatic carbocycles. The molecular formula is C18H20N2O. The molecule has 0 aliphatic rings. The molecule has 0 saturated carbocycles. The molecule has 1 amide bonds. The summed E-state index contributed by atoms with van der Waals surface area (Å²) in [5.41, 5.74) is 2.15. The average molecular weight is 280 g/mol. The Kier molecular flexibility index (Phi) is 5.71. The van der Waals surface area contributed by atoms with Gasteiger partial charge in [0.25, 0.3) is 0 Å². The molecule has 21 heavy (non-hydrogen) atoms. The van der Waals surface area contributed by atoms with E-state index in [4.69, 9.17) is 0 Å². The maximum atomic E-state index is 12.3. The van der Waals surface area contributed by atoms with E-state index in [0.29, 0.717) is 19.5 Å². The molecule has 0 aliphatic carbocycles. The molecule has 108 valence electrons. The van der Waals surface area contributed by atoms with Gasteiger partial charge in [0.2, 0.25) is 5.91 Å². The van der Waals surface area contributed by atoms with Gasteiger partial charge in [0, 0.05) is 25.5 Å². The van der Waals surface area contributed by atoms with E-state index in [1.54, 1.807) is 12.4 Å². The molecule has 0 fully saturated rings. The fraction of sp³-hybridized carbons (Fsp3) is 0.222. The Labute approximate surface area is 125 Å². The van der Waals surface area contributed by atoms with Crippen LogP contribution in [0.25, 0.3) is 6.08 Å². The Morgan fingerprint density at radius 1 is 1.14 bits per heavy atom. The molecule has 3 nitrogen and oxygen atoms in total. The molecule has 0 spiro atoms. The summed E-state index contributed by atoms with van der Waals surface area (Å²) < 4.78 is 0. The van der Waals surface area contributed by atoms with Gasteiger partial charge >= 0.3 is 0 Å². The summed E-state index contributed by atoms with van der Waals surface area (Å²) in [5, 5.41) is 0. The highest BCUT2D eigenvalue weighted by Gasteiger charge is 2.10. The molecule has 0 unspecified atom stereocenters. The third-order valence-electron chi connectivity index (χ3n) is 3.27. The lowest BCUT2D eigenvalue weighted by Gasteiger charge is -2.19. The molecule has 0 radical (unpaired) electrons. The van der Waals surface area contributed by atoms with Gasteiger partial charge in [-0.05, 0) is 30.2 Å². The second-order valence-corrected chi connectivity index (χ2v) is 4.78. The summed E-state index contributed by atoms with van der Waals surface area (Å²) >= 11 is 0. The van der Waals surface area contributed by atoms with Gasteiger partial charge < -0.3 is 4.90 Å². The van der Waals surface area contributed by atoms with E-state index in [-0.39, 0.29) is 5.91 Å². The Balaban J connectivity index is 1.90. The van der Waals surface area contributed by atoms with Gasteiger partial charge in [0.15, 0.2) is 0 Å². The lowest BCUT2D eigenvalue weighted by molar-refractivity contribution is -0.129. The SMILES string of the molecule is CCN(CC=Cc1ccccc1)C(=O)Cc1ccncc1. The van der Waals surface area contributed by atoms with Crippen LogP contribution in [0.5, 0.6) is 0 Å². The van der Waals surface area contributed by atoms with Crippen molar-refractivity contribution in [2.75, 3.05) is 13.1 Å². The molecule has 2 aromatic rings. The maximum absolute atomic E-state index is 12.3. The van der Waals surface area contributed by atoms with Crippen molar-refractivity contribution in [2.24, 2.45) is 0 Å². The number of nitrogens with zero attached hydrogens (tertiary/aromatic N) is 2. The summed E-state index contributed by atoms with van der Waals surface area (Å²) in [6.07, 6.45) is 7.93. The van der Waals surface area contributed by atoms with Crippen molar-refractivity contribution in [2.45, 2.75) is 13.3 Å². The molecule has 0 bridgehead atoms. The number of amides is 1. The number of aromatic nitrogens is 1. The molecule has 0 N–H and O–H groups in total. The zero-order valence-corrected chi connectivity index (χ0v) is 12.3. The quantitative estimate of drug-likeness (QED) is 0.814. The Hall–Kier alpha value is -2.42. The molecule has 3 heteroatoms. The first-order valence-corrected chi connectivity index (χ1v) is 7.18. The summed E-state index contributed by atoms with van der Waals surface area (Å²) in [6.45, 7) is 3.35. The van der Waals surface area contributed by atoms with Gasteiger partial charge in [0.05, 0.1) is 6.42 Å². The predicted octanol–water partition coefficient (Wildman–Crippen LogP) is 3.19. The van der Waals surface area contributed by atoms with E-state index in [0.717, 1.165) is 11.1 Å². The number of pyridine rings is 1. The fourth-order valence-electron chi connectivity index (χ4n) is 2.07. The first kappa shape index (κ1) is 15.0. The first-order chi connectivity index (χ1) is 10.3. The van der Waals surface area contributed by atoms with E-state index in [9.17, 15) is 4.79 Å². The van der Waals surface area contributed by atoms with Crippen LogP contribution in [-0.2, 0) is 11.2 Å². The Bertz CT molecular complexity index is 579. The standard InChI is InChI=1S/C18H20N2O/c1-2-20(14-6-9-16-7-4-3-5-8-16)18(21)15-17-10-12-19-13-11-17/h3-13H,2,14-15H2,1H3. The highest BCUT2D eigenvalue weighted by atomic mass is 16.2. The molecule has 0 saturated heterocycles. The molecule has 2 rings (SSSR count). The van der Waals surface area contributed by atoms with Crippen molar-refractivity contribution in [3.05, 3.63) is 72.1 Å². The number of hydrogen-bond acceptors (Lipinski definition) is 2. The maximum Gasteiger partial charge on any atom is 0.227 e. The van der Waals surface area contributed by atoms with Crippen LogP contribution in [0.2, 0.25) is 0 Å². The van der Waals surface area contributed by atoms with Gasteiger partial charge in [-0.15, -0.1) is 0 Å².